The van der Waals surface area contributed by atoms with Crippen molar-refractivity contribution in [1.29, 1.82) is 0 Å². The van der Waals surface area contributed by atoms with Gasteiger partial charge in [0, 0.05) is 6.54 Å². The van der Waals surface area contributed by atoms with Crippen LogP contribution in [0.3, 0.4) is 0 Å². The first kappa shape index (κ1) is 12.5. The van der Waals surface area contributed by atoms with Crippen LogP contribution in [0.15, 0.2) is 6.07 Å². The van der Waals surface area contributed by atoms with E-state index >= 15 is 0 Å². The number of carboxylic acid groups (broad SMARTS) is 1. The van der Waals surface area contributed by atoms with Gasteiger partial charge in [0.1, 0.15) is 5.69 Å². The molecule has 1 aromatic heterocycles. The second kappa shape index (κ2) is 4.98. The monoisotopic (exact) mass is 230 g/mol. The van der Waals surface area contributed by atoms with Crippen LogP contribution in [-0.4, -0.2) is 16.1 Å². The highest BCUT2D eigenvalue weighted by molar-refractivity contribution is 5.69. The average Bonchev–Trinajstić information content (AvgIpc) is 2.19. The largest absolute Gasteiger partial charge is 0.481 e. The molecule has 1 rings (SSSR count). The topological polar surface area (TPSA) is 76.2 Å². The van der Waals surface area contributed by atoms with Crippen molar-refractivity contribution in [3.63, 3.8) is 0 Å². The average molecular weight is 230 g/mol. The number of nitrogens with zero attached hydrogens (tertiary/aromatic N) is 1. The van der Waals surface area contributed by atoms with E-state index < -0.39 is 12.4 Å². The van der Waals surface area contributed by atoms with Crippen molar-refractivity contribution >= 4 is 5.97 Å². The molecule has 0 saturated carbocycles. The lowest BCUT2D eigenvalue weighted by atomic mass is 10.1. The minimum Gasteiger partial charge on any atom is -0.481 e. The summed E-state index contributed by atoms with van der Waals surface area (Å²) in [6.45, 7) is 1.59. The van der Waals surface area contributed by atoms with E-state index in [1.165, 1.54) is 13.0 Å². The lowest BCUT2D eigenvalue weighted by Crippen LogP contribution is -2.10. The molecule has 3 N–H and O–H groups in total. The number of aromatic nitrogens is 1. The smallest absolute Gasteiger partial charge is 0.309 e. The predicted octanol–water partition coefficient (Wildman–Crippen LogP) is 1.41. The molecule has 0 bridgehead atoms. The first-order valence-corrected chi connectivity index (χ1v) is 4.65. The van der Waals surface area contributed by atoms with E-state index in [-0.39, 0.29) is 24.4 Å². The van der Waals surface area contributed by atoms with Gasteiger partial charge in [-0.15, -0.1) is 0 Å². The van der Waals surface area contributed by atoms with Gasteiger partial charge in [0.2, 0.25) is 0 Å². The summed E-state index contributed by atoms with van der Waals surface area (Å²) in [4.78, 5) is 14.1. The molecule has 0 spiro atoms. The molecule has 1 aromatic rings. The predicted molar refractivity (Wildman–Crippen MR) is 53.2 cm³/mol. The van der Waals surface area contributed by atoms with Crippen LogP contribution >= 0.6 is 0 Å². The maximum atomic E-state index is 12.6. The molecule has 4 nitrogen and oxygen atoms in total. The Morgan fingerprint density at radius 1 is 1.62 bits per heavy atom. The summed E-state index contributed by atoms with van der Waals surface area (Å²) in [6.07, 6.45) is -3.11. The van der Waals surface area contributed by atoms with E-state index in [2.05, 4.69) is 4.98 Å². The fraction of sp³-hybridized carbons (Fsp3) is 0.400. The maximum absolute atomic E-state index is 12.6. The van der Waals surface area contributed by atoms with Crippen molar-refractivity contribution in [3.8, 4) is 0 Å². The van der Waals surface area contributed by atoms with Gasteiger partial charge in [-0.1, -0.05) is 0 Å². The number of carbonyl (C=O) groups is 1. The first-order valence-electron chi connectivity index (χ1n) is 4.65. The van der Waals surface area contributed by atoms with Gasteiger partial charge in [-0.2, -0.15) is 0 Å². The Hall–Kier alpha value is -1.56. The van der Waals surface area contributed by atoms with Crippen LogP contribution in [-0.2, 0) is 17.8 Å². The fourth-order valence-electron chi connectivity index (χ4n) is 1.41. The number of aliphatic carboxylic acids is 1. The van der Waals surface area contributed by atoms with E-state index in [9.17, 15) is 13.6 Å². The van der Waals surface area contributed by atoms with Crippen LogP contribution in [0.2, 0.25) is 0 Å². The standard InChI is InChI=1S/C10H12F2N2O2/c1-5-6(4-13)2-7(3-8(15)16)14-9(5)10(11)12/h2,10H,3-4,13H2,1H3,(H,15,16). The Kier molecular flexibility index (Phi) is 3.89. The number of carboxylic acids is 1. The van der Waals surface area contributed by atoms with Gasteiger partial charge in [-0.05, 0) is 24.1 Å². The highest BCUT2D eigenvalue weighted by atomic mass is 19.3. The van der Waals surface area contributed by atoms with Crippen molar-refractivity contribution in [2.45, 2.75) is 26.3 Å². The number of rotatable bonds is 4. The Labute approximate surface area is 91.1 Å². The summed E-state index contributed by atoms with van der Waals surface area (Å²) >= 11 is 0. The third-order valence-electron chi connectivity index (χ3n) is 2.23. The van der Waals surface area contributed by atoms with Crippen molar-refractivity contribution < 1.29 is 18.7 Å². The van der Waals surface area contributed by atoms with E-state index in [0.717, 1.165) is 0 Å². The van der Waals surface area contributed by atoms with E-state index in [4.69, 9.17) is 10.8 Å². The summed E-state index contributed by atoms with van der Waals surface area (Å²) in [7, 11) is 0. The molecule has 0 aliphatic carbocycles. The van der Waals surface area contributed by atoms with Gasteiger partial charge < -0.3 is 10.8 Å². The van der Waals surface area contributed by atoms with E-state index in [1.807, 2.05) is 0 Å². The van der Waals surface area contributed by atoms with Crippen molar-refractivity contribution in [2.75, 3.05) is 0 Å². The molecule has 88 valence electrons. The fourth-order valence-corrected chi connectivity index (χ4v) is 1.41. The zero-order chi connectivity index (χ0) is 12.3. The third-order valence-corrected chi connectivity index (χ3v) is 2.23. The van der Waals surface area contributed by atoms with Gasteiger partial charge >= 0.3 is 5.97 Å². The molecule has 0 radical (unpaired) electrons. The summed E-state index contributed by atoms with van der Waals surface area (Å²) in [5.74, 6) is -1.11. The van der Waals surface area contributed by atoms with Crippen LogP contribution in [0, 0.1) is 6.92 Å². The quantitative estimate of drug-likeness (QED) is 0.820. The van der Waals surface area contributed by atoms with E-state index in [0.29, 0.717) is 11.1 Å². The van der Waals surface area contributed by atoms with Gasteiger partial charge in [0.15, 0.2) is 0 Å². The lowest BCUT2D eigenvalue weighted by Gasteiger charge is -2.10. The molecule has 0 amide bonds. The molecular formula is C10H12F2N2O2. The molecule has 0 atom stereocenters. The van der Waals surface area contributed by atoms with Gasteiger partial charge in [0.05, 0.1) is 12.1 Å². The Balaban J connectivity index is 3.22. The number of hydrogen-bond acceptors (Lipinski definition) is 3. The molecule has 0 fully saturated rings. The molecule has 0 aliphatic heterocycles. The molecule has 0 saturated heterocycles. The third kappa shape index (κ3) is 2.73. The maximum Gasteiger partial charge on any atom is 0.309 e. The molecule has 0 aliphatic rings. The van der Waals surface area contributed by atoms with Crippen molar-refractivity contribution in [2.24, 2.45) is 5.73 Å². The molecule has 0 unspecified atom stereocenters. The minimum atomic E-state index is -2.72. The molecular weight excluding hydrogens is 218 g/mol. The number of halogens is 2. The highest BCUT2D eigenvalue weighted by Crippen LogP contribution is 2.23. The summed E-state index contributed by atoms with van der Waals surface area (Å²) in [5, 5.41) is 8.57. The van der Waals surface area contributed by atoms with Gasteiger partial charge in [0.25, 0.3) is 6.43 Å². The number of hydrogen-bond donors (Lipinski definition) is 2. The van der Waals surface area contributed by atoms with Crippen molar-refractivity contribution in [1.82, 2.24) is 4.98 Å². The molecule has 6 heteroatoms. The van der Waals surface area contributed by atoms with Crippen LogP contribution in [0.4, 0.5) is 8.78 Å². The first-order chi connectivity index (χ1) is 7.45. The van der Waals surface area contributed by atoms with Gasteiger partial charge in [-0.3, -0.25) is 9.78 Å². The molecule has 16 heavy (non-hydrogen) atoms. The number of nitrogens with two attached hydrogens (primary N) is 1. The van der Waals surface area contributed by atoms with Crippen molar-refractivity contribution in [3.05, 3.63) is 28.6 Å². The summed E-state index contributed by atoms with van der Waals surface area (Å²) < 4.78 is 25.2. The molecule has 1 heterocycles. The Morgan fingerprint density at radius 2 is 2.25 bits per heavy atom. The number of pyridine rings is 1. The normalized spacial score (nSPS) is 10.8. The van der Waals surface area contributed by atoms with E-state index in [1.54, 1.807) is 0 Å². The number of alkyl halides is 2. The SMILES string of the molecule is Cc1c(CN)cc(CC(=O)O)nc1C(F)F. The second-order valence-electron chi connectivity index (χ2n) is 3.36. The summed E-state index contributed by atoms with van der Waals surface area (Å²) in [5.41, 5.74) is 5.94. The minimum absolute atomic E-state index is 0.0840. The zero-order valence-corrected chi connectivity index (χ0v) is 8.70. The summed E-state index contributed by atoms with van der Waals surface area (Å²) in [6, 6.07) is 1.45. The van der Waals surface area contributed by atoms with Crippen LogP contribution < -0.4 is 5.73 Å². The lowest BCUT2D eigenvalue weighted by molar-refractivity contribution is -0.136. The zero-order valence-electron chi connectivity index (χ0n) is 8.70. The van der Waals surface area contributed by atoms with Crippen LogP contribution in [0.1, 0.15) is 28.9 Å². The second-order valence-corrected chi connectivity index (χ2v) is 3.36. The highest BCUT2D eigenvalue weighted by Gasteiger charge is 2.17. The molecule has 0 aromatic carbocycles. The Bertz CT molecular complexity index is 408. The van der Waals surface area contributed by atoms with Crippen LogP contribution in [0.25, 0.3) is 0 Å². The van der Waals surface area contributed by atoms with Crippen LogP contribution in [0.5, 0.6) is 0 Å². The van der Waals surface area contributed by atoms with Gasteiger partial charge in [-0.25, -0.2) is 8.78 Å². The Morgan fingerprint density at radius 3 is 2.69 bits per heavy atom.